The second-order valence-electron chi connectivity index (χ2n) is 6.13. The summed E-state index contributed by atoms with van der Waals surface area (Å²) < 4.78 is 38.8. The number of hydrogen-bond acceptors (Lipinski definition) is 1. The fourth-order valence-electron chi connectivity index (χ4n) is 3.23. The van der Waals surface area contributed by atoms with Gasteiger partial charge in [0.05, 0.1) is 16.3 Å². The molecule has 24 heavy (non-hydrogen) atoms. The van der Waals surface area contributed by atoms with E-state index >= 15 is 0 Å². The molecule has 0 bridgehead atoms. The number of hydrogen-bond donors (Lipinski definition) is 0. The van der Waals surface area contributed by atoms with Gasteiger partial charge in [0.25, 0.3) is 0 Å². The number of fused-ring (bicyclic) bond motifs is 1. The predicted octanol–water partition coefficient (Wildman–Crippen LogP) is 6.40. The minimum absolute atomic E-state index is 0.589. The van der Waals surface area contributed by atoms with Crippen molar-refractivity contribution in [3.63, 3.8) is 0 Å². The highest BCUT2D eigenvalue weighted by atomic mass is 35.5. The summed E-state index contributed by atoms with van der Waals surface area (Å²) in [6.45, 7) is 2.87. The number of benzene rings is 2. The molecule has 128 valence electrons. The van der Waals surface area contributed by atoms with Crippen LogP contribution in [0, 0.1) is 0 Å². The molecule has 0 atom stereocenters. The van der Waals surface area contributed by atoms with E-state index in [9.17, 15) is 13.2 Å². The first-order valence-electron chi connectivity index (χ1n) is 8.16. The van der Waals surface area contributed by atoms with E-state index in [1.807, 2.05) is 17.0 Å². The summed E-state index contributed by atoms with van der Waals surface area (Å²) >= 11 is 6.38. The molecule has 0 saturated heterocycles. The number of anilines is 2. The summed E-state index contributed by atoms with van der Waals surface area (Å²) in [6.07, 6.45) is -0.856. The molecule has 1 aliphatic heterocycles. The van der Waals surface area contributed by atoms with Crippen molar-refractivity contribution in [2.75, 3.05) is 11.4 Å². The Balaban J connectivity index is 2.02. The average molecular weight is 354 g/mol. The van der Waals surface area contributed by atoms with Crippen LogP contribution in [0.4, 0.5) is 24.5 Å². The van der Waals surface area contributed by atoms with E-state index in [1.54, 1.807) is 6.07 Å². The summed E-state index contributed by atoms with van der Waals surface area (Å²) in [5.74, 6) is 0. The Morgan fingerprint density at radius 2 is 1.88 bits per heavy atom. The van der Waals surface area contributed by atoms with Gasteiger partial charge in [-0.2, -0.15) is 13.2 Å². The molecule has 0 aliphatic carbocycles. The molecule has 0 aromatic heterocycles. The summed E-state index contributed by atoms with van der Waals surface area (Å²) in [7, 11) is 0. The van der Waals surface area contributed by atoms with E-state index in [-0.39, 0.29) is 0 Å². The van der Waals surface area contributed by atoms with E-state index in [0.29, 0.717) is 11.4 Å². The number of rotatable bonds is 3. The highest BCUT2D eigenvalue weighted by Crippen LogP contribution is 2.40. The van der Waals surface area contributed by atoms with Gasteiger partial charge >= 0.3 is 6.18 Å². The lowest BCUT2D eigenvalue weighted by Crippen LogP contribution is -2.25. The van der Waals surface area contributed by atoms with E-state index in [0.717, 1.165) is 48.8 Å². The Morgan fingerprint density at radius 1 is 1.08 bits per heavy atom. The van der Waals surface area contributed by atoms with Crippen molar-refractivity contribution in [1.82, 2.24) is 0 Å². The Labute approximate surface area is 145 Å². The van der Waals surface area contributed by atoms with Gasteiger partial charge in [0.2, 0.25) is 0 Å². The van der Waals surface area contributed by atoms with Gasteiger partial charge in [0.1, 0.15) is 0 Å². The van der Waals surface area contributed by atoms with Crippen LogP contribution in [-0.2, 0) is 19.0 Å². The Kier molecular flexibility index (Phi) is 4.77. The highest BCUT2D eigenvalue weighted by molar-refractivity contribution is 6.33. The molecule has 0 fully saturated rings. The van der Waals surface area contributed by atoms with Crippen molar-refractivity contribution in [2.24, 2.45) is 0 Å². The zero-order valence-electron chi connectivity index (χ0n) is 13.5. The molecule has 3 rings (SSSR count). The standard InChI is InChI=1S/C19H19ClF3N/c1-2-4-13-6-8-16(20)18(11-13)24-10-3-5-14-12-15(19(21,22)23)7-9-17(14)24/h6-9,11-12H,2-5,10H2,1H3. The largest absolute Gasteiger partial charge is 0.416 e. The van der Waals surface area contributed by atoms with Gasteiger partial charge < -0.3 is 4.90 Å². The lowest BCUT2D eigenvalue weighted by Gasteiger charge is -2.32. The maximum Gasteiger partial charge on any atom is 0.416 e. The minimum atomic E-state index is -4.31. The van der Waals surface area contributed by atoms with Crippen LogP contribution in [0.3, 0.4) is 0 Å². The van der Waals surface area contributed by atoms with Crippen molar-refractivity contribution in [3.05, 3.63) is 58.1 Å². The second kappa shape index (κ2) is 6.67. The molecule has 2 aromatic carbocycles. The van der Waals surface area contributed by atoms with E-state index in [4.69, 9.17) is 11.6 Å². The van der Waals surface area contributed by atoms with Crippen molar-refractivity contribution < 1.29 is 13.2 Å². The maximum atomic E-state index is 12.9. The maximum absolute atomic E-state index is 12.9. The van der Waals surface area contributed by atoms with E-state index in [1.165, 1.54) is 11.6 Å². The molecule has 5 heteroatoms. The number of alkyl halides is 3. The molecule has 2 aromatic rings. The zero-order chi connectivity index (χ0) is 17.3. The van der Waals surface area contributed by atoms with Crippen LogP contribution in [0.5, 0.6) is 0 Å². The van der Waals surface area contributed by atoms with Crippen LogP contribution in [0.15, 0.2) is 36.4 Å². The molecule has 0 saturated carbocycles. The number of halogens is 4. The smallest absolute Gasteiger partial charge is 0.340 e. The highest BCUT2D eigenvalue weighted by Gasteiger charge is 2.32. The van der Waals surface area contributed by atoms with E-state index < -0.39 is 11.7 Å². The monoisotopic (exact) mass is 353 g/mol. The minimum Gasteiger partial charge on any atom is -0.340 e. The molecular weight excluding hydrogens is 335 g/mol. The Morgan fingerprint density at radius 3 is 2.58 bits per heavy atom. The third-order valence-corrected chi connectivity index (χ3v) is 4.69. The van der Waals surface area contributed by atoms with Gasteiger partial charge in [-0.1, -0.05) is 31.0 Å². The lowest BCUT2D eigenvalue weighted by atomic mass is 9.98. The van der Waals surface area contributed by atoms with Crippen LogP contribution in [0.2, 0.25) is 5.02 Å². The van der Waals surface area contributed by atoms with Crippen LogP contribution < -0.4 is 4.90 Å². The van der Waals surface area contributed by atoms with Crippen LogP contribution in [0.1, 0.15) is 36.5 Å². The molecular formula is C19H19ClF3N. The third kappa shape index (κ3) is 3.39. The topological polar surface area (TPSA) is 3.24 Å². The fourth-order valence-corrected chi connectivity index (χ4v) is 3.45. The normalized spacial score (nSPS) is 14.6. The molecule has 1 heterocycles. The first kappa shape index (κ1) is 17.2. The molecule has 0 unspecified atom stereocenters. The molecule has 0 amide bonds. The molecule has 0 N–H and O–H groups in total. The van der Waals surface area contributed by atoms with Gasteiger partial charge in [-0.3, -0.25) is 0 Å². The molecule has 1 nitrogen and oxygen atoms in total. The van der Waals surface area contributed by atoms with Gasteiger partial charge in [0, 0.05) is 12.2 Å². The lowest BCUT2D eigenvalue weighted by molar-refractivity contribution is -0.137. The summed E-state index contributed by atoms with van der Waals surface area (Å²) in [5, 5.41) is 0.627. The zero-order valence-corrected chi connectivity index (χ0v) is 14.2. The van der Waals surface area contributed by atoms with Crippen LogP contribution in [-0.4, -0.2) is 6.54 Å². The SMILES string of the molecule is CCCc1ccc(Cl)c(N2CCCc3cc(C(F)(F)F)ccc32)c1. The Hall–Kier alpha value is -1.68. The quantitative estimate of drug-likeness (QED) is 0.617. The van der Waals surface area contributed by atoms with Crippen molar-refractivity contribution in [1.29, 1.82) is 0 Å². The molecule has 1 aliphatic rings. The first-order chi connectivity index (χ1) is 11.4. The number of aryl methyl sites for hydroxylation is 2. The summed E-state index contributed by atoms with van der Waals surface area (Å²) in [4.78, 5) is 2.04. The van der Waals surface area contributed by atoms with Crippen molar-refractivity contribution in [3.8, 4) is 0 Å². The van der Waals surface area contributed by atoms with Crippen LogP contribution in [0.25, 0.3) is 0 Å². The number of nitrogens with zero attached hydrogens (tertiary/aromatic N) is 1. The average Bonchev–Trinajstić information content (AvgIpc) is 2.55. The molecule has 0 spiro atoms. The van der Waals surface area contributed by atoms with Crippen molar-refractivity contribution >= 4 is 23.0 Å². The van der Waals surface area contributed by atoms with Crippen molar-refractivity contribution in [2.45, 2.75) is 38.8 Å². The van der Waals surface area contributed by atoms with Gasteiger partial charge in [-0.25, -0.2) is 0 Å². The van der Waals surface area contributed by atoms with Gasteiger partial charge in [-0.15, -0.1) is 0 Å². The van der Waals surface area contributed by atoms with Crippen LogP contribution >= 0.6 is 11.6 Å². The van der Waals surface area contributed by atoms with Gasteiger partial charge in [-0.05, 0) is 60.7 Å². The third-order valence-electron chi connectivity index (χ3n) is 4.37. The first-order valence-corrected chi connectivity index (χ1v) is 8.54. The van der Waals surface area contributed by atoms with Gasteiger partial charge in [0.15, 0.2) is 0 Å². The second-order valence-corrected chi connectivity index (χ2v) is 6.54. The molecule has 0 radical (unpaired) electrons. The summed E-state index contributed by atoms with van der Waals surface area (Å²) in [5.41, 5.74) is 3.03. The fraction of sp³-hybridized carbons (Fsp3) is 0.368. The predicted molar refractivity (Wildman–Crippen MR) is 92.2 cm³/mol. The summed E-state index contributed by atoms with van der Waals surface area (Å²) in [6, 6.07) is 9.93. The Bertz CT molecular complexity index is 740. The van der Waals surface area contributed by atoms with E-state index in [2.05, 4.69) is 13.0 Å².